The number of rotatable bonds is 8. The fourth-order valence-corrected chi connectivity index (χ4v) is 2.78. The molecule has 0 aromatic heterocycles. The van der Waals surface area contributed by atoms with Crippen LogP contribution in [0.1, 0.15) is 0 Å². The molecule has 0 saturated heterocycles. The molecular formula is C26H20O5. The van der Waals surface area contributed by atoms with Gasteiger partial charge in [-0.15, -0.1) is 0 Å². The molecule has 31 heavy (non-hydrogen) atoms. The van der Waals surface area contributed by atoms with Crippen molar-refractivity contribution in [1.82, 2.24) is 0 Å². The third-order valence-corrected chi connectivity index (χ3v) is 4.19. The summed E-state index contributed by atoms with van der Waals surface area (Å²) in [5.74, 6) is -1.64. The first-order valence-corrected chi connectivity index (χ1v) is 9.73. The van der Waals surface area contributed by atoms with E-state index in [9.17, 15) is 4.79 Å². The third-order valence-electron chi connectivity index (χ3n) is 4.19. The Balaban J connectivity index is 1.76. The van der Waals surface area contributed by atoms with Gasteiger partial charge in [0.1, 0.15) is 23.0 Å². The number of carbonyl (C=O) groups is 1. The predicted molar refractivity (Wildman–Crippen MR) is 116 cm³/mol. The maximum atomic E-state index is 13.5. The zero-order chi connectivity index (χ0) is 21.4. The number of hydrogen-bond acceptors (Lipinski definition) is 5. The standard InChI is InChI=1S/C26H20O5/c27-25(28-21-13-5-1-6-14-21)26(29-22-15-7-2-8-16-22,30-23-17-9-3-10-18-23)31-24-19-11-4-12-20-24/h1-20H. The molecule has 0 N–H and O–H groups in total. The van der Waals surface area contributed by atoms with Crippen molar-refractivity contribution >= 4 is 5.97 Å². The quantitative estimate of drug-likeness (QED) is 0.218. The van der Waals surface area contributed by atoms with Crippen LogP contribution in [0.4, 0.5) is 0 Å². The zero-order valence-corrected chi connectivity index (χ0v) is 16.6. The molecule has 0 saturated carbocycles. The summed E-state index contributed by atoms with van der Waals surface area (Å²) < 4.78 is 23.7. The Bertz CT molecular complexity index is 982. The van der Waals surface area contributed by atoms with E-state index >= 15 is 0 Å². The second kappa shape index (κ2) is 9.50. The smallest absolute Gasteiger partial charge is 0.418 e. The van der Waals surface area contributed by atoms with Crippen LogP contribution in [-0.2, 0) is 4.79 Å². The second-order valence-corrected chi connectivity index (χ2v) is 6.50. The lowest BCUT2D eigenvalue weighted by molar-refractivity contribution is -0.253. The maximum Gasteiger partial charge on any atom is 0.524 e. The molecule has 4 aromatic rings. The van der Waals surface area contributed by atoms with Gasteiger partial charge in [0.05, 0.1) is 0 Å². The molecule has 4 rings (SSSR count). The van der Waals surface area contributed by atoms with Crippen LogP contribution in [0.15, 0.2) is 121 Å². The lowest BCUT2D eigenvalue weighted by atomic mass is 10.3. The summed E-state index contributed by atoms with van der Waals surface area (Å²) >= 11 is 0. The van der Waals surface area contributed by atoms with Crippen LogP contribution in [0.5, 0.6) is 23.0 Å². The molecule has 0 amide bonds. The van der Waals surface area contributed by atoms with E-state index in [0.29, 0.717) is 23.0 Å². The van der Waals surface area contributed by atoms with Gasteiger partial charge in [-0.3, -0.25) is 0 Å². The van der Waals surface area contributed by atoms with Gasteiger partial charge < -0.3 is 18.9 Å². The van der Waals surface area contributed by atoms with Crippen LogP contribution in [0.25, 0.3) is 0 Å². The zero-order valence-electron chi connectivity index (χ0n) is 16.6. The number of esters is 1. The van der Waals surface area contributed by atoms with Crippen molar-refractivity contribution in [3.05, 3.63) is 121 Å². The molecule has 0 fully saturated rings. The molecule has 0 spiro atoms. The van der Waals surface area contributed by atoms with Gasteiger partial charge in [-0.25, -0.2) is 4.79 Å². The van der Waals surface area contributed by atoms with Crippen LogP contribution in [0.3, 0.4) is 0 Å². The van der Waals surface area contributed by atoms with Crippen molar-refractivity contribution in [3.8, 4) is 23.0 Å². The molecule has 5 heteroatoms. The molecule has 0 aliphatic heterocycles. The minimum absolute atomic E-state index is 0.335. The van der Waals surface area contributed by atoms with Gasteiger partial charge in [-0.2, -0.15) is 0 Å². The number of para-hydroxylation sites is 4. The Hall–Kier alpha value is -4.25. The van der Waals surface area contributed by atoms with E-state index in [-0.39, 0.29) is 0 Å². The molecule has 0 bridgehead atoms. The Labute approximate surface area is 180 Å². The number of hydrogen-bond donors (Lipinski definition) is 0. The number of carbonyl (C=O) groups excluding carboxylic acids is 1. The van der Waals surface area contributed by atoms with Crippen LogP contribution < -0.4 is 18.9 Å². The molecule has 154 valence electrons. The summed E-state index contributed by atoms with van der Waals surface area (Å²) in [6.07, 6.45) is 0. The summed E-state index contributed by atoms with van der Waals surface area (Å²) in [6.45, 7) is 0. The van der Waals surface area contributed by atoms with Crippen LogP contribution in [0.2, 0.25) is 0 Å². The summed E-state index contributed by atoms with van der Waals surface area (Å²) in [7, 11) is 0. The monoisotopic (exact) mass is 412 g/mol. The van der Waals surface area contributed by atoms with E-state index in [2.05, 4.69) is 0 Å². The molecular weight excluding hydrogens is 392 g/mol. The van der Waals surface area contributed by atoms with Crippen LogP contribution >= 0.6 is 0 Å². The Morgan fingerprint density at radius 2 is 0.742 bits per heavy atom. The van der Waals surface area contributed by atoms with E-state index in [1.807, 2.05) is 24.3 Å². The number of ether oxygens (including phenoxy) is 4. The highest BCUT2D eigenvalue weighted by atomic mass is 16.9. The average Bonchev–Trinajstić information content (AvgIpc) is 2.81. The Morgan fingerprint density at radius 1 is 0.452 bits per heavy atom. The maximum absolute atomic E-state index is 13.5. The minimum atomic E-state index is -2.24. The summed E-state index contributed by atoms with van der Waals surface area (Å²) in [5, 5.41) is 0. The summed E-state index contributed by atoms with van der Waals surface area (Å²) in [6, 6.07) is 35.1. The van der Waals surface area contributed by atoms with Gasteiger partial charge in [0.15, 0.2) is 0 Å². The normalized spacial score (nSPS) is 10.7. The molecule has 0 aliphatic carbocycles. The fourth-order valence-electron chi connectivity index (χ4n) is 2.78. The molecule has 0 atom stereocenters. The van der Waals surface area contributed by atoms with E-state index in [4.69, 9.17) is 18.9 Å². The first kappa shape index (κ1) is 20.0. The van der Waals surface area contributed by atoms with Gasteiger partial charge in [0.25, 0.3) is 0 Å². The van der Waals surface area contributed by atoms with Gasteiger partial charge in [0, 0.05) is 0 Å². The lowest BCUT2D eigenvalue weighted by Gasteiger charge is -2.31. The second-order valence-electron chi connectivity index (χ2n) is 6.50. The Kier molecular flexibility index (Phi) is 6.14. The van der Waals surface area contributed by atoms with Crippen LogP contribution in [0, 0.1) is 0 Å². The molecule has 0 aliphatic rings. The van der Waals surface area contributed by atoms with Crippen molar-refractivity contribution in [1.29, 1.82) is 0 Å². The first-order chi connectivity index (χ1) is 15.2. The Morgan fingerprint density at radius 3 is 1.06 bits per heavy atom. The van der Waals surface area contributed by atoms with Crippen molar-refractivity contribution in [2.45, 2.75) is 5.97 Å². The number of benzene rings is 4. The highest BCUT2D eigenvalue weighted by Gasteiger charge is 2.51. The molecule has 5 nitrogen and oxygen atoms in total. The van der Waals surface area contributed by atoms with Crippen molar-refractivity contribution in [2.24, 2.45) is 0 Å². The molecule has 0 radical (unpaired) electrons. The van der Waals surface area contributed by atoms with E-state index in [1.165, 1.54) is 0 Å². The van der Waals surface area contributed by atoms with Gasteiger partial charge in [-0.1, -0.05) is 72.8 Å². The fraction of sp³-hybridized carbons (Fsp3) is 0.0385. The van der Waals surface area contributed by atoms with E-state index in [0.717, 1.165) is 0 Å². The highest BCUT2D eigenvalue weighted by molar-refractivity contribution is 5.80. The van der Waals surface area contributed by atoms with Crippen LogP contribution in [-0.4, -0.2) is 11.9 Å². The third kappa shape index (κ3) is 5.22. The van der Waals surface area contributed by atoms with Crippen molar-refractivity contribution < 1.29 is 23.7 Å². The van der Waals surface area contributed by atoms with E-state index in [1.54, 1.807) is 97.1 Å². The molecule has 0 heterocycles. The molecule has 4 aromatic carbocycles. The topological polar surface area (TPSA) is 54.0 Å². The lowest BCUT2D eigenvalue weighted by Crippen LogP contribution is -2.57. The largest absolute Gasteiger partial charge is 0.524 e. The van der Waals surface area contributed by atoms with Crippen molar-refractivity contribution in [2.75, 3.05) is 0 Å². The van der Waals surface area contributed by atoms with Gasteiger partial charge in [0.2, 0.25) is 0 Å². The SMILES string of the molecule is O=C(Oc1ccccc1)C(Oc1ccccc1)(Oc1ccccc1)Oc1ccccc1. The average molecular weight is 412 g/mol. The van der Waals surface area contributed by atoms with Crippen molar-refractivity contribution in [3.63, 3.8) is 0 Å². The minimum Gasteiger partial charge on any atom is -0.418 e. The summed E-state index contributed by atoms with van der Waals surface area (Å²) in [5.41, 5.74) is 0. The first-order valence-electron chi connectivity index (χ1n) is 9.73. The summed E-state index contributed by atoms with van der Waals surface area (Å²) in [4.78, 5) is 13.5. The van der Waals surface area contributed by atoms with Gasteiger partial charge >= 0.3 is 11.9 Å². The van der Waals surface area contributed by atoms with E-state index < -0.39 is 11.9 Å². The highest BCUT2D eigenvalue weighted by Crippen LogP contribution is 2.28. The molecule has 0 unspecified atom stereocenters. The predicted octanol–water partition coefficient (Wildman–Crippen LogP) is 5.48. The van der Waals surface area contributed by atoms with Gasteiger partial charge in [-0.05, 0) is 48.5 Å².